The van der Waals surface area contributed by atoms with Gasteiger partial charge in [0.25, 0.3) is 0 Å². The van der Waals surface area contributed by atoms with E-state index < -0.39 is 0 Å². The minimum atomic E-state index is 1.12. The normalized spacial score (nSPS) is 11.8. The van der Waals surface area contributed by atoms with E-state index in [2.05, 4.69) is 49.4 Å². The number of benzene rings is 2. The van der Waals surface area contributed by atoms with Crippen LogP contribution in [0.4, 0.5) is 11.4 Å². The Hall–Kier alpha value is -1.76. The number of para-hydroxylation sites is 2. The molecule has 0 amide bonds. The molecule has 0 aromatic heterocycles. The van der Waals surface area contributed by atoms with E-state index in [0.717, 1.165) is 12.1 Å². The van der Waals surface area contributed by atoms with Crippen LogP contribution in [0.15, 0.2) is 42.5 Å². The van der Waals surface area contributed by atoms with Crippen molar-refractivity contribution in [2.75, 3.05) is 0 Å². The summed E-state index contributed by atoms with van der Waals surface area (Å²) in [6.07, 6.45) is 3.61. The van der Waals surface area contributed by atoms with E-state index in [0.29, 0.717) is 0 Å². The molecule has 0 saturated heterocycles. The second kappa shape index (κ2) is 4.25. The third-order valence-corrected chi connectivity index (χ3v) is 3.35. The fraction of sp³-hybridized carbons (Fsp3) is 0.250. The highest BCUT2D eigenvalue weighted by Crippen LogP contribution is 2.44. The summed E-state index contributed by atoms with van der Waals surface area (Å²) < 4.78 is 0. The zero-order valence-electron chi connectivity index (χ0n) is 10.1. The average Bonchev–Trinajstić information content (AvgIpc) is 2.75. The van der Waals surface area contributed by atoms with E-state index in [4.69, 9.17) is 5.32 Å². The average molecular weight is 222 g/mol. The number of fused-ring (bicyclic) bond motifs is 3. The van der Waals surface area contributed by atoms with Crippen molar-refractivity contribution < 1.29 is 0 Å². The Morgan fingerprint density at radius 3 is 2.65 bits per heavy atom. The lowest BCUT2D eigenvalue weighted by atomic mass is 10.0. The van der Waals surface area contributed by atoms with Gasteiger partial charge in [-0.3, -0.25) is 0 Å². The molecule has 0 spiro atoms. The van der Waals surface area contributed by atoms with Gasteiger partial charge in [-0.1, -0.05) is 49.7 Å². The predicted octanol–water partition coefficient (Wildman–Crippen LogP) is 4.58. The van der Waals surface area contributed by atoms with Gasteiger partial charge in [0.2, 0.25) is 0 Å². The molecular weight excluding hydrogens is 206 g/mol. The number of unbranched alkanes of at least 4 members (excludes halogenated alkanes) is 1. The van der Waals surface area contributed by atoms with Crippen LogP contribution in [0.1, 0.15) is 25.3 Å². The number of rotatable bonds is 3. The van der Waals surface area contributed by atoms with Crippen molar-refractivity contribution in [1.29, 1.82) is 0 Å². The van der Waals surface area contributed by atoms with Gasteiger partial charge in [-0.15, -0.1) is 0 Å². The quantitative estimate of drug-likeness (QED) is 0.616. The SMILES string of the molecule is CCCCc1cccc2c1[N]c1ccccc1-2. The summed E-state index contributed by atoms with van der Waals surface area (Å²) in [5.41, 5.74) is 6.28. The third kappa shape index (κ3) is 1.72. The van der Waals surface area contributed by atoms with E-state index in [1.807, 2.05) is 0 Å². The van der Waals surface area contributed by atoms with Crippen LogP contribution < -0.4 is 5.32 Å². The maximum Gasteiger partial charge on any atom is 0.0748 e. The molecule has 1 heteroatoms. The van der Waals surface area contributed by atoms with Gasteiger partial charge in [-0.05, 0) is 24.5 Å². The first-order valence-electron chi connectivity index (χ1n) is 6.33. The fourth-order valence-corrected chi connectivity index (χ4v) is 2.43. The molecule has 1 aliphatic rings. The minimum Gasteiger partial charge on any atom is -0.247 e. The van der Waals surface area contributed by atoms with Gasteiger partial charge in [-0.2, -0.15) is 0 Å². The molecule has 1 radical (unpaired) electrons. The molecule has 85 valence electrons. The highest BCUT2D eigenvalue weighted by Gasteiger charge is 2.21. The van der Waals surface area contributed by atoms with Crippen LogP contribution in [0.3, 0.4) is 0 Å². The van der Waals surface area contributed by atoms with Crippen LogP contribution in [0, 0.1) is 0 Å². The number of aryl methyl sites for hydroxylation is 1. The molecule has 1 heterocycles. The Bertz CT molecular complexity index is 543. The first-order chi connectivity index (χ1) is 8.40. The molecule has 0 saturated carbocycles. The summed E-state index contributed by atoms with van der Waals surface area (Å²) in [6, 6.07) is 14.9. The van der Waals surface area contributed by atoms with E-state index in [1.165, 1.54) is 35.2 Å². The molecule has 2 aromatic rings. The third-order valence-electron chi connectivity index (χ3n) is 3.35. The van der Waals surface area contributed by atoms with Crippen molar-refractivity contribution in [3.05, 3.63) is 48.0 Å². The molecule has 0 unspecified atom stereocenters. The highest BCUT2D eigenvalue weighted by molar-refractivity contribution is 5.91. The summed E-state index contributed by atoms with van der Waals surface area (Å²) in [7, 11) is 0. The van der Waals surface area contributed by atoms with Crippen LogP contribution >= 0.6 is 0 Å². The van der Waals surface area contributed by atoms with Gasteiger partial charge in [-0.25, -0.2) is 5.32 Å². The Morgan fingerprint density at radius 2 is 1.76 bits per heavy atom. The molecule has 0 bridgehead atoms. The maximum absolute atomic E-state index is 4.77. The lowest BCUT2D eigenvalue weighted by Crippen LogP contribution is -1.91. The Morgan fingerprint density at radius 1 is 0.941 bits per heavy atom. The first kappa shape index (κ1) is 10.4. The number of hydrogen-bond donors (Lipinski definition) is 0. The summed E-state index contributed by atoms with van der Waals surface area (Å²) in [4.78, 5) is 0. The van der Waals surface area contributed by atoms with Gasteiger partial charge in [0.1, 0.15) is 0 Å². The molecule has 0 N–H and O–H groups in total. The van der Waals surface area contributed by atoms with E-state index in [1.54, 1.807) is 0 Å². The van der Waals surface area contributed by atoms with E-state index >= 15 is 0 Å². The van der Waals surface area contributed by atoms with Crippen LogP contribution in [0.25, 0.3) is 11.1 Å². The maximum atomic E-state index is 4.77. The standard InChI is InChI=1S/C16H16N/c1-2-3-7-12-8-6-10-14-13-9-4-5-11-15(13)17-16(12)14/h4-6,8-11H,2-3,7H2,1H3. The largest absolute Gasteiger partial charge is 0.247 e. The molecule has 0 fully saturated rings. The molecule has 1 aliphatic heterocycles. The van der Waals surface area contributed by atoms with Crippen molar-refractivity contribution in [3.63, 3.8) is 0 Å². The van der Waals surface area contributed by atoms with Crippen molar-refractivity contribution in [2.24, 2.45) is 0 Å². The number of hydrogen-bond acceptors (Lipinski definition) is 0. The van der Waals surface area contributed by atoms with Crippen LogP contribution in [0.2, 0.25) is 0 Å². The van der Waals surface area contributed by atoms with Crippen molar-refractivity contribution >= 4 is 11.4 Å². The monoisotopic (exact) mass is 222 g/mol. The highest BCUT2D eigenvalue weighted by atomic mass is 14.9. The van der Waals surface area contributed by atoms with Gasteiger partial charge >= 0.3 is 0 Å². The molecular formula is C16H16N. The Labute approximate surface area is 102 Å². The first-order valence-corrected chi connectivity index (χ1v) is 6.33. The smallest absolute Gasteiger partial charge is 0.0748 e. The Kier molecular flexibility index (Phi) is 2.60. The summed E-state index contributed by atoms with van der Waals surface area (Å²) >= 11 is 0. The zero-order chi connectivity index (χ0) is 11.7. The summed E-state index contributed by atoms with van der Waals surface area (Å²) in [6.45, 7) is 2.23. The summed E-state index contributed by atoms with van der Waals surface area (Å²) in [5, 5.41) is 4.77. The van der Waals surface area contributed by atoms with Gasteiger partial charge < -0.3 is 0 Å². The van der Waals surface area contributed by atoms with E-state index in [-0.39, 0.29) is 0 Å². The zero-order valence-corrected chi connectivity index (χ0v) is 10.1. The lowest BCUT2D eigenvalue weighted by molar-refractivity contribution is 0.793. The van der Waals surface area contributed by atoms with Crippen LogP contribution in [-0.4, -0.2) is 0 Å². The van der Waals surface area contributed by atoms with Crippen molar-refractivity contribution in [3.8, 4) is 11.1 Å². The van der Waals surface area contributed by atoms with Crippen LogP contribution in [-0.2, 0) is 6.42 Å². The molecule has 0 aliphatic carbocycles. The van der Waals surface area contributed by atoms with Crippen molar-refractivity contribution in [2.45, 2.75) is 26.2 Å². The molecule has 0 atom stereocenters. The lowest BCUT2D eigenvalue weighted by Gasteiger charge is -2.06. The van der Waals surface area contributed by atoms with Gasteiger partial charge in [0, 0.05) is 11.1 Å². The molecule has 1 nitrogen and oxygen atoms in total. The minimum absolute atomic E-state index is 1.12. The Balaban J connectivity index is 2.05. The van der Waals surface area contributed by atoms with Gasteiger partial charge in [0.05, 0.1) is 11.4 Å². The molecule has 2 aromatic carbocycles. The molecule has 17 heavy (non-hydrogen) atoms. The van der Waals surface area contributed by atoms with Crippen LogP contribution in [0.5, 0.6) is 0 Å². The topological polar surface area (TPSA) is 14.1 Å². The summed E-state index contributed by atoms with van der Waals surface area (Å²) in [5.74, 6) is 0. The van der Waals surface area contributed by atoms with E-state index in [9.17, 15) is 0 Å². The fourth-order valence-electron chi connectivity index (χ4n) is 2.43. The predicted molar refractivity (Wildman–Crippen MR) is 71.9 cm³/mol. The van der Waals surface area contributed by atoms with Crippen molar-refractivity contribution in [1.82, 2.24) is 5.32 Å². The number of nitrogens with zero attached hydrogens (tertiary/aromatic N) is 1. The second-order valence-corrected chi connectivity index (χ2v) is 4.55. The van der Waals surface area contributed by atoms with Gasteiger partial charge in [0.15, 0.2) is 0 Å². The molecule has 3 rings (SSSR count). The second-order valence-electron chi connectivity index (χ2n) is 4.55.